The van der Waals surface area contributed by atoms with Gasteiger partial charge >= 0.3 is 0 Å². The van der Waals surface area contributed by atoms with E-state index >= 15 is 0 Å². The van der Waals surface area contributed by atoms with Crippen molar-refractivity contribution in [1.29, 1.82) is 0 Å². The molecular weight excluding hydrogens is 268 g/mol. The van der Waals surface area contributed by atoms with Gasteiger partial charge in [-0.1, -0.05) is 13.8 Å². The van der Waals surface area contributed by atoms with Gasteiger partial charge < -0.3 is 10.1 Å². The second-order valence-electron chi connectivity index (χ2n) is 4.76. The third-order valence-corrected chi connectivity index (χ3v) is 4.20. The van der Waals surface area contributed by atoms with Crippen molar-refractivity contribution in [2.24, 2.45) is 0 Å². The van der Waals surface area contributed by atoms with Crippen LogP contribution in [0, 0.1) is 6.92 Å². The monoisotopic (exact) mass is 290 g/mol. The number of nitrogens with one attached hydrogen (secondary N) is 1. The van der Waals surface area contributed by atoms with E-state index in [1.54, 1.807) is 17.5 Å². The topological polar surface area (TPSA) is 34.1 Å². The van der Waals surface area contributed by atoms with E-state index in [9.17, 15) is 0 Å². The lowest BCUT2D eigenvalue weighted by atomic mass is 10.0. The average Bonchev–Trinajstić information content (AvgIpc) is 2.89. The lowest BCUT2D eigenvalue weighted by Gasteiger charge is -2.18. The standard InChI is InChI=1S/C16H22N2OS/c1-4-7-19-14-9-13(10-17-11-14)15(18-5-2)16-12(3)6-8-20-16/h6,8-11,15,18H,4-5,7H2,1-3H3. The van der Waals surface area contributed by atoms with Gasteiger partial charge in [0.2, 0.25) is 0 Å². The van der Waals surface area contributed by atoms with Gasteiger partial charge in [-0.3, -0.25) is 4.98 Å². The Hall–Kier alpha value is -1.39. The fourth-order valence-electron chi connectivity index (χ4n) is 2.14. The Morgan fingerprint density at radius 2 is 2.20 bits per heavy atom. The van der Waals surface area contributed by atoms with Crippen molar-refractivity contribution >= 4 is 11.3 Å². The first-order valence-electron chi connectivity index (χ1n) is 7.11. The maximum atomic E-state index is 5.68. The van der Waals surface area contributed by atoms with Crippen LogP contribution < -0.4 is 10.1 Å². The van der Waals surface area contributed by atoms with Gasteiger partial charge in [-0.25, -0.2) is 0 Å². The van der Waals surface area contributed by atoms with Crippen molar-refractivity contribution in [2.75, 3.05) is 13.2 Å². The number of aryl methyl sites for hydroxylation is 1. The molecule has 2 aromatic rings. The number of ether oxygens (including phenoxy) is 1. The van der Waals surface area contributed by atoms with E-state index in [0.29, 0.717) is 0 Å². The summed E-state index contributed by atoms with van der Waals surface area (Å²) in [6.45, 7) is 8.03. The normalized spacial score (nSPS) is 12.3. The Bertz CT molecular complexity index is 539. The highest BCUT2D eigenvalue weighted by Crippen LogP contribution is 2.30. The lowest BCUT2D eigenvalue weighted by Crippen LogP contribution is -2.22. The van der Waals surface area contributed by atoms with E-state index in [0.717, 1.165) is 30.9 Å². The van der Waals surface area contributed by atoms with E-state index < -0.39 is 0 Å². The zero-order valence-electron chi connectivity index (χ0n) is 12.3. The Kier molecular flexibility index (Phi) is 5.56. The van der Waals surface area contributed by atoms with Crippen LogP contribution in [0.3, 0.4) is 0 Å². The SMILES string of the molecule is CCCOc1cncc(C(NCC)c2sccc2C)c1. The molecule has 0 saturated heterocycles. The maximum absolute atomic E-state index is 5.68. The molecule has 0 amide bonds. The van der Waals surface area contributed by atoms with Crippen LogP contribution in [0.15, 0.2) is 29.9 Å². The van der Waals surface area contributed by atoms with Gasteiger partial charge in [0.1, 0.15) is 5.75 Å². The van der Waals surface area contributed by atoms with E-state index in [1.165, 1.54) is 10.4 Å². The molecule has 1 atom stereocenters. The molecule has 1 unspecified atom stereocenters. The highest BCUT2D eigenvalue weighted by molar-refractivity contribution is 7.10. The summed E-state index contributed by atoms with van der Waals surface area (Å²) in [5, 5.41) is 5.68. The molecule has 2 heterocycles. The van der Waals surface area contributed by atoms with Gasteiger partial charge in [-0.2, -0.15) is 0 Å². The van der Waals surface area contributed by atoms with Crippen LogP contribution in [0.25, 0.3) is 0 Å². The molecule has 3 nitrogen and oxygen atoms in total. The molecule has 0 aliphatic rings. The summed E-state index contributed by atoms with van der Waals surface area (Å²) < 4.78 is 5.68. The summed E-state index contributed by atoms with van der Waals surface area (Å²) >= 11 is 1.79. The summed E-state index contributed by atoms with van der Waals surface area (Å²) in [5.41, 5.74) is 2.48. The first-order valence-corrected chi connectivity index (χ1v) is 7.99. The summed E-state index contributed by atoms with van der Waals surface area (Å²) in [6, 6.07) is 4.45. The van der Waals surface area contributed by atoms with Gasteiger partial charge in [0, 0.05) is 11.1 Å². The molecule has 0 spiro atoms. The molecule has 0 saturated carbocycles. The van der Waals surface area contributed by atoms with Gasteiger partial charge in [-0.15, -0.1) is 11.3 Å². The molecule has 0 bridgehead atoms. The van der Waals surface area contributed by atoms with Crippen molar-refractivity contribution in [3.63, 3.8) is 0 Å². The molecule has 20 heavy (non-hydrogen) atoms. The molecule has 0 radical (unpaired) electrons. The predicted molar refractivity (Wildman–Crippen MR) is 84.6 cm³/mol. The fourth-order valence-corrected chi connectivity index (χ4v) is 3.17. The number of nitrogens with zero attached hydrogens (tertiary/aromatic N) is 1. The van der Waals surface area contributed by atoms with E-state index in [-0.39, 0.29) is 6.04 Å². The van der Waals surface area contributed by atoms with Gasteiger partial charge in [0.05, 0.1) is 18.8 Å². The highest BCUT2D eigenvalue weighted by atomic mass is 32.1. The van der Waals surface area contributed by atoms with Crippen molar-refractivity contribution in [1.82, 2.24) is 10.3 Å². The van der Waals surface area contributed by atoms with E-state index in [2.05, 4.69) is 48.6 Å². The largest absolute Gasteiger partial charge is 0.492 e. The minimum absolute atomic E-state index is 0.192. The molecule has 2 aromatic heterocycles. The quantitative estimate of drug-likeness (QED) is 0.838. The first-order chi connectivity index (χ1) is 9.76. The Morgan fingerprint density at radius 1 is 1.35 bits per heavy atom. The third kappa shape index (κ3) is 3.58. The average molecular weight is 290 g/mol. The summed E-state index contributed by atoms with van der Waals surface area (Å²) in [4.78, 5) is 5.67. The van der Waals surface area contributed by atoms with Crippen molar-refractivity contribution in [3.8, 4) is 5.75 Å². The van der Waals surface area contributed by atoms with Crippen LogP contribution in [0.5, 0.6) is 5.75 Å². The van der Waals surface area contributed by atoms with Crippen molar-refractivity contribution in [2.45, 2.75) is 33.2 Å². The van der Waals surface area contributed by atoms with E-state index in [1.807, 2.05) is 6.20 Å². The predicted octanol–water partition coefficient (Wildman–Crippen LogP) is 3.94. The fraction of sp³-hybridized carbons (Fsp3) is 0.438. The Balaban J connectivity index is 2.27. The molecule has 0 aromatic carbocycles. The number of thiophene rings is 1. The van der Waals surface area contributed by atoms with Crippen molar-refractivity contribution in [3.05, 3.63) is 45.9 Å². The zero-order chi connectivity index (χ0) is 14.4. The minimum Gasteiger partial charge on any atom is -0.492 e. The smallest absolute Gasteiger partial charge is 0.137 e. The van der Waals surface area contributed by atoms with Crippen LogP contribution in [0.1, 0.15) is 42.3 Å². The number of hydrogen-bond donors (Lipinski definition) is 1. The second-order valence-corrected chi connectivity index (χ2v) is 5.71. The lowest BCUT2D eigenvalue weighted by molar-refractivity contribution is 0.315. The number of hydrogen-bond acceptors (Lipinski definition) is 4. The summed E-state index contributed by atoms with van der Waals surface area (Å²) in [6.07, 6.45) is 4.71. The second kappa shape index (κ2) is 7.41. The first kappa shape index (κ1) is 15.0. The zero-order valence-corrected chi connectivity index (χ0v) is 13.2. The Labute approximate surface area is 125 Å². The van der Waals surface area contributed by atoms with Gasteiger partial charge in [0.25, 0.3) is 0 Å². The van der Waals surface area contributed by atoms with Crippen LogP contribution >= 0.6 is 11.3 Å². The van der Waals surface area contributed by atoms with Crippen LogP contribution in [-0.2, 0) is 0 Å². The minimum atomic E-state index is 0.192. The molecule has 108 valence electrons. The molecular formula is C16H22N2OS. The van der Waals surface area contributed by atoms with Gasteiger partial charge in [0.15, 0.2) is 0 Å². The number of aromatic nitrogens is 1. The third-order valence-electron chi connectivity index (χ3n) is 3.11. The van der Waals surface area contributed by atoms with Crippen LogP contribution in [0.4, 0.5) is 0 Å². The molecule has 0 aliphatic heterocycles. The van der Waals surface area contributed by atoms with Crippen LogP contribution in [-0.4, -0.2) is 18.1 Å². The summed E-state index contributed by atoms with van der Waals surface area (Å²) in [7, 11) is 0. The summed E-state index contributed by atoms with van der Waals surface area (Å²) in [5.74, 6) is 0.849. The van der Waals surface area contributed by atoms with Gasteiger partial charge in [-0.05, 0) is 48.5 Å². The maximum Gasteiger partial charge on any atom is 0.137 e. The van der Waals surface area contributed by atoms with Crippen molar-refractivity contribution < 1.29 is 4.74 Å². The Morgan fingerprint density at radius 3 is 2.85 bits per heavy atom. The molecule has 4 heteroatoms. The number of pyridine rings is 1. The van der Waals surface area contributed by atoms with Crippen LogP contribution in [0.2, 0.25) is 0 Å². The number of rotatable bonds is 7. The highest BCUT2D eigenvalue weighted by Gasteiger charge is 2.17. The molecule has 1 N–H and O–H groups in total. The molecule has 0 aliphatic carbocycles. The van der Waals surface area contributed by atoms with E-state index in [4.69, 9.17) is 4.74 Å². The molecule has 2 rings (SSSR count). The molecule has 0 fully saturated rings.